The van der Waals surface area contributed by atoms with Crippen LogP contribution in [0.25, 0.3) is 0 Å². The van der Waals surface area contributed by atoms with Gasteiger partial charge in [-0.3, -0.25) is 0 Å². The van der Waals surface area contributed by atoms with E-state index in [0.29, 0.717) is 0 Å². The van der Waals surface area contributed by atoms with Gasteiger partial charge in [0, 0.05) is 0 Å². The topological polar surface area (TPSA) is 46.1 Å². The van der Waals surface area contributed by atoms with Gasteiger partial charge in [-0.2, -0.15) is 0 Å². The molecule has 0 aliphatic carbocycles. The largest absolute Gasteiger partial charge is 0.896 e. The average Bonchev–Trinajstić information content (AvgIpc) is 3.05. The zero-order valence-electron chi connectivity index (χ0n) is 22.8. The van der Waals surface area contributed by atoms with Crippen LogP contribution in [0.4, 0.5) is 0 Å². The van der Waals surface area contributed by atoms with E-state index in [0.717, 1.165) is 0 Å². The molecule has 0 spiro atoms. The van der Waals surface area contributed by atoms with Crippen molar-refractivity contribution in [2.24, 2.45) is 0 Å². The predicted molar refractivity (Wildman–Crippen MR) is 167 cm³/mol. The van der Waals surface area contributed by atoms with Crippen LogP contribution in [-0.4, -0.2) is 7.69 Å². The highest BCUT2D eigenvalue weighted by Crippen LogP contribution is 2.31. The molecule has 0 N–H and O–H groups in total. The van der Waals surface area contributed by atoms with Crippen LogP contribution < -0.4 is 10.0 Å². The van der Waals surface area contributed by atoms with Gasteiger partial charge in [-0.05, 0) is 146 Å². The molecule has 6 rings (SSSR count). The lowest BCUT2D eigenvalue weighted by atomic mass is 9.85. The van der Waals surface area contributed by atoms with Gasteiger partial charge in [0.25, 0.3) is 0 Å². The number of benzene rings is 6. The molecule has 0 aromatic heterocycles. The van der Waals surface area contributed by atoms with E-state index in [1.54, 1.807) is 0 Å². The van der Waals surface area contributed by atoms with Crippen LogP contribution in [-0.2, 0) is 0 Å². The molecular weight excluding hydrogens is 499 g/mol. The maximum atomic E-state index is 8.38. The first-order chi connectivity index (χ1) is 20.3. The van der Waals surface area contributed by atoms with Crippen LogP contribution in [0.5, 0.6) is 0 Å². The summed E-state index contributed by atoms with van der Waals surface area (Å²) in [5.41, 5.74) is 7.50. The van der Waals surface area contributed by atoms with E-state index in [9.17, 15) is 0 Å². The molecule has 6 aromatic carbocycles. The Morgan fingerprint density at radius 3 is 0.512 bits per heavy atom. The highest BCUT2D eigenvalue weighted by atomic mass is 16.4. The molecule has 6 aromatic rings. The summed E-state index contributed by atoms with van der Waals surface area (Å²) >= 11 is 0. The molecule has 0 fully saturated rings. The Labute approximate surface area is 244 Å². The van der Waals surface area contributed by atoms with Gasteiger partial charge in [-0.25, -0.2) is 0 Å². The second-order valence-corrected chi connectivity index (χ2v) is 9.06. The van der Waals surface area contributed by atoms with Crippen LogP contribution in [0.15, 0.2) is 182 Å². The summed E-state index contributed by atoms with van der Waals surface area (Å²) in [6.07, 6.45) is 0. The van der Waals surface area contributed by atoms with E-state index in [1.165, 1.54) is 45.2 Å². The van der Waals surface area contributed by atoms with E-state index < -0.39 is 7.69 Å². The Balaban J connectivity index is 0.000000173. The standard InChI is InChI=1S/2C19H15.BHO2/c2*1-4-10-16(11-5-1)19(17-12-6-2-7-13-17)18-14-8-3-9-15-18;2-1-3/h2*1-15H;1H/q2*+1;-2. The maximum absolute atomic E-state index is 8.38. The Morgan fingerprint density at radius 2 is 0.390 bits per heavy atom. The third-order valence-electron chi connectivity index (χ3n) is 6.37. The molecule has 0 bridgehead atoms. The highest BCUT2D eigenvalue weighted by molar-refractivity contribution is 6.08. The summed E-state index contributed by atoms with van der Waals surface area (Å²) in [5.74, 6) is 2.56. The van der Waals surface area contributed by atoms with Gasteiger partial charge in [0.2, 0.25) is 0 Å². The van der Waals surface area contributed by atoms with Gasteiger partial charge >= 0.3 is 0 Å². The average molecular weight is 530 g/mol. The molecular formula is C38H31BO2. The number of hydrogen-bond acceptors (Lipinski definition) is 2. The summed E-state index contributed by atoms with van der Waals surface area (Å²) in [5, 5.41) is 16.8. The van der Waals surface area contributed by atoms with Crippen molar-refractivity contribution >= 4 is 7.69 Å². The smallest absolute Gasteiger partial charge is 0.0631 e. The van der Waals surface area contributed by atoms with Crippen molar-refractivity contribution in [3.63, 3.8) is 0 Å². The first-order valence-electron chi connectivity index (χ1n) is 13.5. The Bertz CT molecular complexity index is 1190. The summed E-state index contributed by atoms with van der Waals surface area (Å²) in [4.78, 5) is 0. The van der Waals surface area contributed by atoms with Crippen molar-refractivity contribution in [3.8, 4) is 0 Å². The second kappa shape index (κ2) is 16.2. The monoisotopic (exact) mass is 530 g/mol. The highest BCUT2D eigenvalue weighted by Gasteiger charge is 2.22. The maximum Gasteiger partial charge on any atom is 0.0631 e. The molecule has 41 heavy (non-hydrogen) atoms. The molecule has 0 unspecified atom stereocenters. The SMILES string of the molecule is [O-]B[O-].c1ccc([C+](c2ccccc2)c2ccccc2)cc1.c1ccc([C+](c2ccccc2)c2ccccc2)cc1. The van der Waals surface area contributed by atoms with E-state index in [4.69, 9.17) is 10.0 Å². The van der Waals surface area contributed by atoms with Crippen LogP contribution in [0.1, 0.15) is 33.4 Å². The molecule has 0 heterocycles. The zero-order valence-corrected chi connectivity index (χ0v) is 22.8. The summed E-state index contributed by atoms with van der Waals surface area (Å²) in [6.45, 7) is 0. The normalized spacial score (nSPS) is 9.71. The zero-order chi connectivity index (χ0) is 28.5. The van der Waals surface area contributed by atoms with Crippen molar-refractivity contribution in [2.75, 3.05) is 0 Å². The number of hydrogen-bond donors (Lipinski definition) is 0. The molecule has 198 valence electrons. The van der Waals surface area contributed by atoms with E-state index in [1.807, 2.05) is 0 Å². The Morgan fingerprint density at radius 1 is 0.268 bits per heavy atom. The van der Waals surface area contributed by atoms with Crippen LogP contribution in [0.3, 0.4) is 0 Å². The third-order valence-corrected chi connectivity index (χ3v) is 6.37. The van der Waals surface area contributed by atoms with Crippen molar-refractivity contribution in [1.29, 1.82) is 0 Å². The van der Waals surface area contributed by atoms with E-state index in [-0.39, 0.29) is 0 Å². The minimum atomic E-state index is -1.25. The minimum Gasteiger partial charge on any atom is -0.896 e. The van der Waals surface area contributed by atoms with Crippen LogP contribution in [0, 0.1) is 11.8 Å². The van der Waals surface area contributed by atoms with Crippen molar-refractivity contribution in [1.82, 2.24) is 0 Å². The molecule has 0 amide bonds. The van der Waals surface area contributed by atoms with Gasteiger partial charge in [0.05, 0.1) is 45.2 Å². The van der Waals surface area contributed by atoms with Crippen LogP contribution >= 0.6 is 0 Å². The Hall–Kier alpha value is -4.96. The summed E-state index contributed by atoms with van der Waals surface area (Å²) < 4.78 is 0. The fourth-order valence-corrected chi connectivity index (χ4v) is 4.63. The van der Waals surface area contributed by atoms with Gasteiger partial charge in [-0.15, -0.1) is 7.69 Å². The van der Waals surface area contributed by atoms with Crippen LogP contribution in [0.2, 0.25) is 0 Å². The minimum absolute atomic E-state index is 1.25. The van der Waals surface area contributed by atoms with E-state index >= 15 is 0 Å². The third kappa shape index (κ3) is 8.51. The Kier molecular flexibility index (Phi) is 11.5. The lowest BCUT2D eigenvalue weighted by Crippen LogP contribution is -2.26. The van der Waals surface area contributed by atoms with Gasteiger partial charge in [0.1, 0.15) is 0 Å². The van der Waals surface area contributed by atoms with Gasteiger partial charge in [-0.1, -0.05) is 36.4 Å². The van der Waals surface area contributed by atoms with Gasteiger partial charge < -0.3 is 10.0 Å². The fraction of sp³-hybridized carbons (Fsp3) is 0. The van der Waals surface area contributed by atoms with Gasteiger partial charge in [0.15, 0.2) is 0 Å². The first kappa shape index (κ1) is 29.0. The lowest BCUT2D eigenvalue weighted by Gasteiger charge is -2.12. The molecule has 0 saturated heterocycles. The molecule has 3 heteroatoms. The quantitative estimate of drug-likeness (QED) is 0.142. The summed E-state index contributed by atoms with van der Waals surface area (Å²) in [6, 6.07) is 63.3. The molecule has 0 aliphatic heterocycles. The van der Waals surface area contributed by atoms with Crippen molar-refractivity contribution < 1.29 is 10.0 Å². The second-order valence-electron chi connectivity index (χ2n) is 9.06. The molecule has 2 nitrogen and oxygen atoms in total. The summed E-state index contributed by atoms with van der Waals surface area (Å²) in [7, 11) is -1.25. The first-order valence-corrected chi connectivity index (χ1v) is 13.5. The molecule has 0 aliphatic rings. The van der Waals surface area contributed by atoms with Crippen molar-refractivity contribution in [2.45, 2.75) is 0 Å². The van der Waals surface area contributed by atoms with Crippen molar-refractivity contribution in [3.05, 3.63) is 227 Å². The molecule has 0 radical (unpaired) electrons. The fourth-order valence-electron chi connectivity index (χ4n) is 4.63. The lowest BCUT2D eigenvalue weighted by molar-refractivity contribution is -0.328. The predicted octanol–water partition coefficient (Wildman–Crippen LogP) is 6.39. The number of rotatable bonds is 6. The van der Waals surface area contributed by atoms with E-state index in [2.05, 4.69) is 182 Å². The molecule has 0 atom stereocenters. The molecule has 0 saturated carbocycles.